The fourth-order valence-electron chi connectivity index (χ4n) is 1.62. The topological polar surface area (TPSA) is 39.1 Å². The van der Waals surface area contributed by atoms with Crippen LogP contribution in [0.4, 0.5) is 10.1 Å². The van der Waals surface area contributed by atoms with E-state index in [1.54, 1.807) is 24.1 Å². The first-order valence-electron chi connectivity index (χ1n) is 5.88. The standard InChI is InChI=1S/C13H15BrFN3O/c1-19-5-4-18-9-11(8-17-18)16-7-10-2-3-12(14)13(15)6-10/h2-3,6,8-9,16H,4-5,7H2,1H3. The number of ether oxygens (including phenoxy) is 1. The molecule has 0 amide bonds. The highest BCUT2D eigenvalue weighted by molar-refractivity contribution is 9.10. The summed E-state index contributed by atoms with van der Waals surface area (Å²) < 4.78 is 20.6. The molecule has 1 aromatic carbocycles. The second-order valence-corrected chi connectivity index (χ2v) is 4.94. The summed E-state index contributed by atoms with van der Waals surface area (Å²) in [7, 11) is 1.66. The normalized spacial score (nSPS) is 10.7. The summed E-state index contributed by atoms with van der Waals surface area (Å²) in [5, 5.41) is 7.39. The van der Waals surface area contributed by atoms with E-state index in [0.717, 1.165) is 11.3 Å². The van der Waals surface area contributed by atoms with Gasteiger partial charge >= 0.3 is 0 Å². The minimum atomic E-state index is -0.255. The second kappa shape index (κ2) is 6.68. The number of hydrogen-bond acceptors (Lipinski definition) is 3. The van der Waals surface area contributed by atoms with Gasteiger partial charge in [-0.3, -0.25) is 4.68 Å². The molecule has 0 aliphatic carbocycles. The lowest BCUT2D eigenvalue weighted by Crippen LogP contribution is -2.04. The van der Waals surface area contributed by atoms with Crippen LogP contribution in [0.25, 0.3) is 0 Å². The molecule has 2 aromatic rings. The molecule has 0 aliphatic heterocycles. The summed E-state index contributed by atoms with van der Waals surface area (Å²) in [6, 6.07) is 5.08. The maximum atomic E-state index is 13.3. The smallest absolute Gasteiger partial charge is 0.137 e. The van der Waals surface area contributed by atoms with Crippen molar-refractivity contribution in [3.8, 4) is 0 Å². The molecule has 102 valence electrons. The second-order valence-electron chi connectivity index (χ2n) is 4.09. The third-order valence-corrected chi connectivity index (χ3v) is 3.28. The maximum Gasteiger partial charge on any atom is 0.137 e. The van der Waals surface area contributed by atoms with Gasteiger partial charge in [0.15, 0.2) is 0 Å². The Morgan fingerprint density at radius 1 is 1.47 bits per heavy atom. The first-order chi connectivity index (χ1) is 9.19. The predicted molar refractivity (Wildman–Crippen MR) is 75.5 cm³/mol. The quantitative estimate of drug-likeness (QED) is 0.886. The van der Waals surface area contributed by atoms with Crippen LogP contribution in [0, 0.1) is 5.82 Å². The third kappa shape index (κ3) is 4.04. The Morgan fingerprint density at radius 3 is 3.05 bits per heavy atom. The predicted octanol–water partition coefficient (Wildman–Crippen LogP) is 3.04. The molecule has 2 rings (SSSR count). The molecule has 0 fully saturated rings. The Kier molecular flexibility index (Phi) is 4.93. The van der Waals surface area contributed by atoms with Crippen LogP contribution in [0.3, 0.4) is 0 Å². The van der Waals surface area contributed by atoms with Crippen molar-refractivity contribution in [2.24, 2.45) is 0 Å². The number of benzene rings is 1. The molecule has 0 radical (unpaired) electrons. The number of anilines is 1. The molecule has 1 aromatic heterocycles. The van der Waals surface area contributed by atoms with Crippen molar-refractivity contribution >= 4 is 21.6 Å². The number of aromatic nitrogens is 2. The number of nitrogens with one attached hydrogen (secondary N) is 1. The summed E-state index contributed by atoms with van der Waals surface area (Å²) in [5.41, 5.74) is 1.78. The first kappa shape index (κ1) is 14.0. The molecule has 0 spiro atoms. The van der Waals surface area contributed by atoms with E-state index >= 15 is 0 Å². The number of hydrogen-bond donors (Lipinski definition) is 1. The third-order valence-electron chi connectivity index (χ3n) is 2.64. The lowest BCUT2D eigenvalue weighted by Gasteiger charge is -2.04. The Hall–Kier alpha value is -1.40. The van der Waals surface area contributed by atoms with Gasteiger partial charge in [-0.2, -0.15) is 5.10 Å². The van der Waals surface area contributed by atoms with Crippen LogP contribution in [0.2, 0.25) is 0 Å². The summed E-state index contributed by atoms with van der Waals surface area (Å²) in [4.78, 5) is 0. The van der Waals surface area contributed by atoms with E-state index in [1.807, 2.05) is 12.3 Å². The van der Waals surface area contributed by atoms with Crippen LogP contribution in [-0.4, -0.2) is 23.5 Å². The molecule has 1 heterocycles. The van der Waals surface area contributed by atoms with Crippen molar-refractivity contribution in [1.29, 1.82) is 0 Å². The Bertz CT molecular complexity index is 544. The highest BCUT2D eigenvalue weighted by Gasteiger charge is 2.02. The van der Waals surface area contributed by atoms with E-state index in [1.165, 1.54) is 6.07 Å². The Labute approximate surface area is 119 Å². The molecular formula is C13H15BrFN3O. The number of rotatable bonds is 6. The van der Waals surface area contributed by atoms with Gasteiger partial charge in [-0.1, -0.05) is 6.07 Å². The molecule has 4 nitrogen and oxygen atoms in total. The highest BCUT2D eigenvalue weighted by atomic mass is 79.9. The van der Waals surface area contributed by atoms with E-state index in [2.05, 4.69) is 26.3 Å². The fraction of sp³-hybridized carbons (Fsp3) is 0.308. The van der Waals surface area contributed by atoms with Gasteiger partial charge in [0.2, 0.25) is 0 Å². The minimum absolute atomic E-state index is 0.255. The summed E-state index contributed by atoms with van der Waals surface area (Å²) >= 11 is 3.13. The summed E-state index contributed by atoms with van der Waals surface area (Å²) in [6.45, 7) is 1.89. The van der Waals surface area contributed by atoms with Gasteiger partial charge in [0.25, 0.3) is 0 Å². The molecule has 0 atom stereocenters. The molecule has 0 saturated carbocycles. The fourth-order valence-corrected chi connectivity index (χ4v) is 1.86. The van der Waals surface area contributed by atoms with E-state index in [0.29, 0.717) is 24.2 Å². The average Bonchev–Trinajstić information content (AvgIpc) is 2.86. The van der Waals surface area contributed by atoms with Gasteiger partial charge in [-0.15, -0.1) is 0 Å². The monoisotopic (exact) mass is 327 g/mol. The summed E-state index contributed by atoms with van der Waals surface area (Å²) in [5.74, 6) is -0.255. The van der Waals surface area contributed by atoms with Crippen molar-refractivity contribution < 1.29 is 9.13 Å². The van der Waals surface area contributed by atoms with Gasteiger partial charge in [0.1, 0.15) is 5.82 Å². The van der Waals surface area contributed by atoms with E-state index in [-0.39, 0.29) is 5.82 Å². The molecule has 1 N–H and O–H groups in total. The molecular weight excluding hydrogens is 313 g/mol. The maximum absolute atomic E-state index is 13.3. The van der Waals surface area contributed by atoms with Crippen molar-refractivity contribution in [2.45, 2.75) is 13.1 Å². The van der Waals surface area contributed by atoms with Crippen LogP contribution in [-0.2, 0) is 17.8 Å². The average molecular weight is 328 g/mol. The van der Waals surface area contributed by atoms with Gasteiger partial charge in [0, 0.05) is 19.9 Å². The van der Waals surface area contributed by atoms with Crippen molar-refractivity contribution in [3.63, 3.8) is 0 Å². The van der Waals surface area contributed by atoms with Crippen LogP contribution in [0.15, 0.2) is 35.1 Å². The number of halogens is 2. The van der Waals surface area contributed by atoms with Crippen molar-refractivity contribution in [2.75, 3.05) is 19.0 Å². The van der Waals surface area contributed by atoms with Crippen molar-refractivity contribution in [1.82, 2.24) is 9.78 Å². The molecule has 19 heavy (non-hydrogen) atoms. The Balaban J connectivity index is 1.91. The molecule has 0 bridgehead atoms. The zero-order valence-corrected chi connectivity index (χ0v) is 12.2. The van der Waals surface area contributed by atoms with Gasteiger partial charge in [0.05, 0.1) is 29.5 Å². The van der Waals surface area contributed by atoms with Crippen LogP contribution < -0.4 is 5.32 Å². The first-order valence-corrected chi connectivity index (χ1v) is 6.67. The van der Waals surface area contributed by atoms with E-state index in [9.17, 15) is 4.39 Å². The van der Waals surface area contributed by atoms with E-state index < -0.39 is 0 Å². The zero-order valence-electron chi connectivity index (χ0n) is 10.6. The van der Waals surface area contributed by atoms with Gasteiger partial charge in [-0.25, -0.2) is 4.39 Å². The minimum Gasteiger partial charge on any atom is -0.383 e. The van der Waals surface area contributed by atoms with Crippen LogP contribution >= 0.6 is 15.9 Å². The Morgan fingerprint density at radius 2 is 2.32 bits per heavy atom. The van der Waals surface area contributed by atoms with Gasteiger partial charge in [-0.05, 0) is 33.6 Å². The number of methoxy groups -OCH3 is 1. The van der Waals surface area contributed by atoms with Gasteiger partial charge < -0.3 is 10.1 Å². The largest absolute Gasteiger partial charge is 0.383 e. The number of nitrogens with zero attached hydrogens (tertiary/aromatic N) is 2. The summed E-state index contributed by atoms with van der Waals surface area (Å²) in [6.07, 6.45) is 3.64. The molecule has 6 heteroatoms. The van der Waals surface area contributed by atoms with Crippen LogP contribution in [0.5, 0.6) is 0 Å². The van der Waals surface area contributed by atoms with Crippen LogP contribution in [0.1, 0.15) is 5.56 Å². The molecule has 0 saturated heterocycles. The zero-order chi connectivity index (χ0) is 13.7. The highest BCUT2D eigenvalue weighted by Crippen LogP contribution is 2.17. The molecule has 0 unspecified atom stereocenters. The lowest BCUT2D eigenvalue weighted by molar-refractivity contribution is 0.183. The van der Waals surface area contributed by atoms with Crippen molar-refractivity contribution in [3.05, 3.63) is 46.4 Å². The SMILES string of the molecule is COCCn1cc(NCc2ccc(Br)c(F)c2)cn1. The lowest BCUT2D eigenvalue weighted by atomic mass is 10.2. The molecule has 0 aliphatic rings. The van der Waals surface area contributed by atoms with E-state index in [4.69, 9.17) is 4.74 Å².